The minimum atomic E-state index is -0.195. The first kappa shape index (κ1) is 10.7. The predicted molar refractivity (Wildman–Crippen MR) is 74.3 cm³/mol. The largest absolute Gasteiger partial charge is 0.272 e. The number of fused-ring (bicyclic) bond motifs is 1. The molecule has 2 aromatic carbocycles. The van der Waals surface area contributed by atoms with Crippen LogP contribution in [0.5, 0.6) is 0 Å². The number of nitrogens with zero attached hydrogens (tertiary/aromatic N) is 1. The molecule has 1 fully saturated rings. The molecule has 2 aromatic rings. The number of amides is 1. The normalized spacial score (nSPS) is 31.3. The van der Waals surface area contributed by atoms with Crippen molar-refractivity contribution >= 4 is 12.1 Å². The highest BCUT2D eigenvalue weighted by molar-refractivity contribution is 6.07. The maximum Gasteiger partial charge on any atom is 0.250 e. The molecule has 1 aliphatic carbocycles. The Kier molecular flexibility index (Phi) is 2.05. The first-order valence-corrected chi connectivity index (χ1v) is 6.53. The molecule has 3 atom stereocenters. The number of rotatable bonds is 2. The summed E-state index contributed by atoms with van der Waals surface area (Å²) >= 11 is 0. The Morgan fingerprint density at radius 1 is 0.842 bits per heavy atom. The van der Waals surface area contributed by atoms with E-state index in [0.29, 0.717) is 0 Å². The van der Waals surface area contributed by atoms with E-state index in [-0.39, 0.29) is 23.2 Å². The van der Waals surface area contributed by atoms with Gasteiger partial charge in [-0.25, -0.2) is 4.99 Å². The average molecular weight is 247 g/mol. The van der Waals surface area contributed by atoms with Crippen molar-refractivity contribution in [2.45, 2.75) is 11.3 Å². The molecule has 2 unspecified atom stereocenters. The van der Waals surface area contributed by atoms with E-state index in [1.54, 1.807) is 0 Å². The Bertz CT molecular complexity index is 662. The van der Waals surface area contributed by atoms with E-state index in [4.69, 9.17) is 0 Å². The second-order valence-electron chi connectivity index (χ2n) is 5.26. The summed E-state index contributed by atoms with van der Waals surface area (Å²) in [4.78, 5) is 16.0. The van der Waals surface area contributed by atoms with Gasteiger partial charge in [0.05, 0.1) is 11.3 Å². The Morgan fingerprint density at radius 2 is 1.47 bits per heavy atom. The molecule has 0 N–H and O–H groups in total. The summed E-state index contributed by atoms with van der Waals surface area (Å²) < 4.78 is 0. The van der Waals surface area contributed by atoms with E-state index in [9.17, 15) is 4.79 Å². The van der Waals surface area contributed by atoms with E-state index >= 15 is 0 Å². The topological polar surface area (TPSA) is 29.4 Å². The van der Waals surface area contributed by atoms with Crippen LogP contribution < -0.4 is 0 Å². The molecule has 0 radical (unpaired) electrons. The summed E-state index contributed by atoms with van der Waals surface area (Å²) in [6, 6.07) is 20.5. The van der Waals surface area contributed by atoms with Crippen LogP contribution in [0.15, 0.2) is 65.7 Å². The molecule has 1 aliphatic heterocycles. The number of carbonyl (C=O) groups excluding carboxylic acids is 1. The number of benzene rings is 2. The third kappa shape index (κ3) is 1.31. The molecule has 1 saturated carbocycles. The van der Waals surface area contributed by atoms with Crippen LogP contribution in [-0.4, -0.2) is 12.1 Å². The minimum absolute atomic E-state index is 0.00250. The summed E-state index contributed by atoms with van der Waals surface area (Å²) in [5.74, 6) is 0.274. The molecule has 0 saturated heterocycles. The van der Waals surface area contributed by atoms with Crippen LogP contribution in [0.2, 0.25) is 0 Å². The van der Waals surface area contributed by atoms with E-state index in [1.807, 2.05) is 42.6 Å². The van der Waals surface area contributed by atoms with Crippen molar-refractivity contribution in [3.05, 3.63) is 71.8 Å². The molecule has 2 aliphatic rings. The Labute approximate surface area is 111 Å². The molecule has 2 nitrogen and oxygen atoms in total. The van der Waals surface area contributed by atoms with E-state index < -0.39 is 0 Å². The smallest absolute Gasteiger partial charge is 0.250 e. The molecular formula is C17H13NO. The standard InChI is InChI=1S/C17H13NO/c19-16-15-14(12-7-3-1-4-8-12)17(15,11-18-16)13-9-5-2-6-10-13/h1-11,14-15H/t14-,15?,17?/m0/s1. The molecule has 0 spiro atoms. The molecule has 19 heavy (non-hydrogen) atoms. The second kappa shape index (κ2) is 3.64. The Balaban J connectivity index is 1.84. The van der Waals surface area contributed by atoms with Crippen molar-refractivity contribution in [2.24, 2.45) is 10.9 Å². The SMILES string of the molecule is O=C1N=CC2(c3ccccc3)C1[C@@H]2c1ccccc1. The maximum atomic E-state index is 12.0. The average Bonchev–Trinajstić information content (AvgIpc) is 3.06. The lowest BCUT2D eigenvalue weighted by molar-refractivity contribution is -0.118. The minimum Gasteiger partial charge on any atom is -0.272 e. The lowest BCUT2D eigenvalue weighted by Crippen LogP contribution is -2.11. The van der Waals surface area contributed by atoms with Crippen molar-refractivity contribution in [1.82, 2.24) is 0 Å². The van der Waals surface area contributed by atoms with Crippen LogP contribution in [-0.2, 0) is 10.2 Å². The highest BCUT2D eigenvalue weighted by Crippen LogP contribution is 2.67. The highest BCUT2D eigenvalue weighted by Gasteiger charge is 2.71. The number of hydrogen-bond acceptors (Lipinski definition) is 1. The third-order valence-electron chi connectivity index (χ3n) is 4.36. The van der Waals surface area contributed by atoms with Crippen molar-refractivity contribution in [1.29, 1.82) is 0 Å². The molecule has 4 rings (SSSR count). The number of aliphatic imine (C=N–C) groups is 1. The monoisotopic (exact) mass is 247 g/mol. The number of hydrogen-bond donors (Lipinski definition) is 0. The van der Waals surface area contributed by atoms with Crippen LogP contribution in [0.25, 0.3) is 0 Å². The van der Waals surface area contributed by atoms with Gasteiger partial charge in [0, 0.05) is 12.1 Å². The first-order chi connectivity index (χ1) is 9.34. The molecule has 92 valence electrons. The fraction of sp³-hybridized carbons (Fsp3) is 0.176. The zero-order valence-corrected chi connectivity index (χ0v) is 10.4. The highest BCUT2D eigenvalue weighted by atomic mass is 16.1. The van der Waals surface area contributed by atoms with E-state index in [1.165, 1.54) is 11.1 Å². The van der Waals surface area contributed by atoms with Crippen molar-refractivity contribution in [3.8, 4) is 0 Å². The van der Waals surface area contributed by atoms with Crippen LogP contribution in [0, 0.1) is 5.92 Å². The number of carbonyl (C=O) groups is 1. The molecule has 0 bridgehead atoms. The lowest BCUT2D eigenvalue weighted by Gasteiger charge is -2.11. The van der Waals surface area contributed by atoms with Gasteiger partial charge in [-0.3, -0.25) is 4.79 Å². The fourth-order valence-corrected chi connectivity index (χ4v) is 3.45. The van der Waals surface area contributed by atoms with Gasteiger partial charge in [-0.15, -0.1) is 0 Å². The van der Waals surface area contributed by atoms with Gasteiger partial charge in [0.1, 0.15) is 0 Å². The fourth-order valence-electron chi connectivity index (χ4n) is 3.45. The molecule has 1 amide bonds. The summed E-state index contributed by atoms with van der Waals surface area (Å²) in [5.41, 5.74) is 2.24. The van der Waals surface area contributed by atoms with Gasteiger partial charge in [0.2, 0.25) is 5.91 Å². The second-order valence-corrected chi connectivity index (χ2v) is 5.26. The Hall–Kier alpha value is -2.22. The Morgan fingerprint density at radius 3 is 2.16 bits per heavy atom. The first-order valence-electron chi connectivity index (χ1n) is 6.53. The van der Waals surface area contributed by atoms with Gasteiger partial charge >= 0.3 is 0 Å². The lowest BCUT2D eigenvalue weighted by atomic mass is 9.92. The van der Waals surface area contributed by atoms with E-state index in [2.05, 4.69) is 29.3 Å². The van der Waals surface area contributed by atoms with Crippen LogP contribution >= 0.6 is 0 Å². The summed E-state index contributed by atoms with van der Waals surface area (Å²) in [6.45, 7) is 0. The summed E-state index contributed by atoms with van der Waals surface area (Å²) in [5, 5.41) is 0. The zero-order valence-electron chi connectivity index (χ0n) is 10.4. The predicted octanol–water partition coefficient (Wildman–Crippen LogP) is 2.95. The quantitative estimate of drug-likeness (QED) is 0.802. The van der Waals surface area contributed by atoms with E-state index in [0.717, 1.165) is 0 Å². The molecule has 0 aromatic heterocycles. The van der Waals surface area contributed by atoms with Crippen LogP contribution in [0.4, 0.5) is 0 Å². The zero-order chi connectivity index (χ0) is 12.9. The van der Waals surface area contributed by atoms with Crippen molar-refractivity contribution in [2.75, 3.05) is 0 Å². The summed E-state index contributed by atoms with van der Waals surface area (Å²) in [6.07, 6.45) is 1.87. The molecule has 2 heteroatoms. The van der Waals surface area contributed by atoms with Crippen LogP contribution in [0.1, 0.15) is 17.0 Å². The maximum absolute atomic E-state index is 12.0. The van der Waals surface area contributed by atoms with Gasteiger partial charge < -0.3 is 0 Å². The third-order valence-corrected chi connectivity index (χ3v) is 4.36. The van der Waals surface area contributed by atoms with Gasteiger partial charge in [-0.05, 0) is 11.1 Å². The van der Waals surface area contributed by atoms with Crippen molar-refractivity contribution in [3.63, 3.8) is 0 Å². The van der Waals surface area contributed by atoms with Gasteiger partial charge in [0.15, 0.2) is 0 Å². The van der Waals surface area contributed by atoms with Gasteiger partial charge in [0.25, 0.3) is 0 Å². The van der Waals surface area contributed by atoms with Gasteiger partial charge in [-0.1, -0.05) is 60.7 Å². The van der Waals surface area contributed by atoms with Gasteiger partial charge in [-0.2, -0.15) is 0 Å². The molecule has 1 heterocycles. The summed E-state index contributed by atoms with van der Waals surface area (Å²) in [7, 11) is 0. The van der Waals surface area contributed by atoms with Crippen molar-refractivity contribution < 1.29 is 4.79 Å². The molecular weight excluding hydrogens is 234 g/mol. The van der Waals surface area contributed by atoms with Crippen LogP contribution in [0.3, 0.4) is 0 Å².